The lowest BCUT2D eigenvalue weighted by Crippen LogP contribution is -2.46. The summed E-state index contributed by atoms with van der Waals surface area (Å²) in [5.74, 6) is 0.465. The molecule has 1 saturated heterocycles. The molecule has 0 bridgehead atoms. The smallest absolute Gasteiger partial charge is 0.0587 e. The van der Waals surface area contributed by atoms with E-state index in [1.165, 1.54) is 12.8 Å². The van der Waals surface area contributed by atoms with E-state index >= 15 is 0 Å². The maximum atomic E-state index is 9.54. The highest BCUT2D eigenvalue weighted by Crippen LogP contribution is 2.24. The number of pyridine rings is 1. The third-order valence-electron chi connectivity index (χ3n) is 4.17. The van der Waals surface area contributed by atoms with Gasteiger partial charge in [-0.1, -0.05) is 26.3 Å². The number of aliphatic hydroxyl groups excluding tert-OH is 1. The Balaban J connectivity index is 2.12. The van der Waals surface area contributed by atoms with Gasteiger partial charge in [-0.2, -0.15) is 0 Å². The van der Waals surface area contributed by atoms with Crippen molar-refractivity contribution in [2.45, 2.75) is 64.6 Å². The first-order chi connectivity index (χ1) is 9.11. The lowest BCUT2D eigenvalue weighted by Gasteiger charge is -2.39. The van der Waals surface area contributed by atoms with E-state index in [0.29, 0.717) is 18.0 Å². The van der Waals surface area contributed by atoms with E-state index in [2.05, 4.69) is 43.9 Å². The summed E-state index contributed by atoms with van der Waals surface area (Å²) in [4.78, 5) is 7.16. The quantitative estimate of drug-likeness (QED) is 0.906. The SMILES string of the molecule is CC(C)c1cccc(CN2C(C)CCCC2CO)n1. The molecule has 1 aromatic rings. The normalized spacial score (nSPS) is 24.9. The third-order valence-corrected chi connectivity index (χ3v) is 4.17. The number of nitrogens with zero attached hydrogens (tertiary/aromatic N) is 2. The first-order valence-corrected chi connectivity index (χ1v) is 7.44. The molecule has 2 heterocycles. The summed E-state index contributed by atoms with van der Waals surface area (Å²) in [5, 5.41) is 9.54. The molecule has 1 aliphatic rings. The molecule has 1 aromatic heterocycles. The summed E-state index contributed by atoms with van der Waals surface area (Å²) < 4.78 is 0. The van der Waals surface area contributed by atoms with Crippen molar-refractivity contribution in [3.63, 3.8) is 0 Å². The summed E-state index contributed by atoms with van der Waals surface area (Å²) in [6, 6.07) is 7.13. The van der Waals surface area contributed by atoms with Gasteiger partial charge in [0.1, 0.15) is 0 Å². The molecule has 0 radical (unpaired) electrons. The summed E-state index contributed by atoms with van der Waals surface area (Å²) in [6.07, 6.45) is 3.55. The molecule has 3 nitrogen and oxygen atoms in total. The fraction of sp³-hybridized carbons (Fsp3) is 0.688. The van der Waals surface area contributed by atoms with E-state index in [-0.39, 0.29) is 6.61 Å². The first kappa shape index (κ1) is 14.5. The molecule has 3 heteroatoms. The highest BCUT2D eigenvalue weighted by Gasteiger charge is 2.27. The Morgan fingerprint density at radius 2 is 2.16 bits per heavy atom. The minimum absolute atomic E-state index is 0.258. The van der Waals surface area contributed by atoms with Gasteiger partial charge in [-0.15, -0.1) is 0 Å². The molecule has 0 amide bonds. The number of hydrogen-bond acceptors (Lipinski definition) is 3. The predicted molar refractivity (Wildman–Crippen MR) is 78.1 cm³/mol. The van der Waals surface area contributed by atoms with Gasteiger partial charge in [0.05, 0.1) is 12.3 Å². The van der Waals surface area contributed by atoms with Crippen LogP contribution in [0.4, 0.5) is 0 Å². The highest BCUT2D eigenvalue weighted by molar-refractivity contribution is 5.14. The number of rotatable bonds is 4. The summed E-state index contributed by atoms with van der Waals surface area (Å²) in [6.45, 7) is 7.72. The van der Waals surface area contributed by atoms with Crippen molar-refractivity contribution < 1.29 is 5.11 Å². The zero-order chi connectivity index (χ0) is 13.8. The number of aromatic nitrogens is 1. The van der Waals surface area contributed by atoms with Crippen LogP contribution >= 0.6 is 0 Å². The molecule has 0 spiro atoms. The Bertz CT molecular complexity index is 405. The Labute approximate surface area is 116 Å². The molecular formula is C16H26N2O. The van der Waals surface area contributed by atoms with Gasteiger partial charge in [0.2, 0.25) is 0 Å². The van der Waals surface area contributed by atoms with Crippen molar-refractivity contribution in [3.05, 3.63) is 29.6 Å². The molecule has 1 aliphatic heterocycles. The van der Waals surface area contributed by atoms with E-state index in [1.54, 1.807) is 0 Å². The standard InChI is InChI=1S/C16H26N2O/c1-12(2)16-9-5-7-14(17-16)10-18-13(3)6-4-8-15(18)11-19/h5,7,9,12-13,15,19H,4,6,8,10-11H2,1-3H3. The minimum Gasteiger partial charge on any atom is -0.395 e. The average molecular weight is 262 g/mol. The Hall–Kier alpha value is -0.930. The predicted octanol–water partition coefficient (Wildman–Crippen LogP) is 2.94. The molecule has 1 fully saturated rings. The zero-order valence-electron chi connectivity index (χ0n) is 12.3. The van der Waals surface area contributed by atoms with Gasteiger partial charge >= 0.3 is 0 Å². The van der Waals surface area contributed by atoms with E-state index in [0.717, 1.165) is 24.4 Å². The van der Waals surface area contributed by atoms with Gasteiger partial charge in [-0.25, -0.2) is 0 Å². The number of aliphatic hydroxyl groups is 1. The Morgan fingerprint density at radius 3 is 2.84 bits per heavy atom. The van der Waals surface area contributed by atoms with Gasteiger partial charge in [0.25, 0.3) is 0 Å². The highest BCUT2D eigenvalue weighted by atomic mass is 16.3. The van der Waals surface area contributed by atoms with Gasteiger partial charge < -0.3 is 5.11 Å². The second kappa shape index (κ2) is 6.49. The maximum Gasteiger partial charge on any atom is 0.0587 e. The zero-order valence-corrected chi connectivity index (χ0v) is 12.3. The van der Waals surface area contributed by atoms with Crippen LogP contribution in [0.1, 0.15) is 57.3 Å². The van der Waals surface area contributed by atoms with E-state index in [9.17, 15) is 5.11 Å². The van der Waals surface area contributed by atoms with Crippen LogP contribution < -0.4 is 0 Å². The van der Waals surface area contributed by atoms with Gasteiger partial charge in [0.15, 0.2) is 0 Å². The van der Waals surface area contributed by atoms with Crippen LogP contribution in [-0.2, 0) is 6.54 Å². The van der Waals surface area contributed by atoms with Gasteiger partial charge in [-0.05, 0) is 37.8 Å². The van der Waals surface area contributed by atoms with Crippen LogP contribution in [0.5, 0.6) is 0 Å². The van der Waals surface area contributed by atoms with Crippen molar-refractivity contribution in [1.29, 1.82) is 0 Å². The molecule has 2 unspecified atom stereocenters. The molecule has 106 valence electrons. The molecule has 0 aliphatic carbocycles. The van der Waals surface area contributed by atoms with Crippen molar-refractivity contribution in [2.24, 2.45) is 0 Å². The largest absolute Gasteiger partial charge is 0.395 e. The van der Waals surface area contributed by atoms with Crippen LogP contribution in [0.2, 0.25) is 0 Å². The average Bonchev–Trinajstić information content (AvgIpc) is 2.41. The van der Waals surface area contributed by atoms with Crippen LogP contribution in [0, 0.1) is 0 Å². The lowest BCUT2D eigenvalue weighted by atomic mass is 9.96. The first-order valence-electron chi connectivity index (χ1n) is 7.44. The van der Waals surface area contributed by atoms with Gasteiger partial charge in [-0.3, -0.25) is 9.88 Å². The maximum absolute atomic E-state index is 9.54. The molecule has 2 atom stereocenters. The molecule has 2 rings (SSSR count). The second-order valence-corrected chi connectivity index (χ2v) is 6.00. The molecule has 19 heavy (non-hydrogen) atoms. The molecule has 0 aromatic carbocycles. The Kier molecular flexibility index (Phi) is 4.94. The Morgan fingerprint density at radius 1 is 1.37 bits per heavy atom. The van der Waals surface area contributed by atoms with Crippen LogP contribution in [0.15, 0.2) is 18.2 Å². The van der Waals surface area contributed by atoms with Crippen LogP contribution in [0.3, 0.4) is 0 Å². The summed E-state index contributed by atoms with van der Waals surface area (Å²) >= 11 is 0. The number of hydrogen-bond donors (Lipinski definition) is 1. The van der Waals surface area contributed by atoms with Crippen molar-refractivity contribution in [2.75, 3.05) is 6.61 Å². The third kappa shape index (κ3) is 3.54. The van der Waals surface area contributed by atoms with E-state index in [4.69, 9.17) is 4.98 Å². The van der Waals surface area contributed by atoms with E-state index < -0.39 is 0 Å². The van der Waals surface area contributed by atoms with Crippen molar-refractivity contribution >= 4 is 0 Å². The van der Waals surface area contributed by atoms with Crippen LogP contribution in [-0.4, -0.2) is 33.7 Å². The summed E-state index contributed by atoms with van der Waals surface area (Å²) in [7, 11) is 0. The summed E-state index contributed by atoms with van der Waals surface area (Å²) in [5.41, 5.74) is 2.28. The van der Waals surface area contributed by atoms with Crippen molar-refractivity contribution in [1.82, 2.24) is 9.88 Å². The number of likely N-dealkylation sites (tertiary alicyclic amines) is 1. The van der Waals surface area contributed by atoms with Gasteiger partial charge in [0, 0.05) is 24.3 Å². The molecule has 0 saturated carbocycles. The molecule has 1 N–H and O–H groups in total. The second-order valence-electron chi connectivity index (χ2n) is 6.00. The fourth-order valence-electron chi connectivity index (χ4n) is 2.92. The molecular weight excluding hydrogens is 236 g/mol. The topological polar surface area (TPSA) is 36.4 Å². The van der Waals surface area contributed by atoms with E-state index in [1.807, 2.05) is 0 Å². The monoisotopic (exact) mass is 262 g/mol. The fourth-order valence-corrected chi connectivity index (χ4v) is 2.92. The van der Waals surface area contributed by atoms with Crippen LogP contribution in [0.25, 0.3) is 0 Å². The minimum atomic E-state index is 0.258. The lowest BCUT2D eigenvalue weighted by molar-refractivity contribution is 0.0441. The number of piperidine rings is 1. The van der Waals surface area contributed by atoms with Crippen molar-refractivity contribution in [3.8, 4) is 0 Å².